The van der Waals surface area contributed by atoms with Crippen molar-refractivity contribution in [2.75, 3.05) is 42.2 Å². The van der Waals surface area contributed by atoms with Gasteiger partial charge in [-0.15, -0.1) is 5.10 Å². The molecule has 2 heterocycles. The highest BCUT2D eigenvalue weighted by molar-refractivity contribution is 6.40. The Hall–Kier alpha value is -5.67. The SMILES string of the molecule is CN1CCN(c2cccc(C[C@H](NC(=O)C(=O)Nc3cc(Cl)ccc3-n3cnnn3)C(=O)Nc3ccc(C(=O)O)cc3)c2)C(=O)C1. The van der Waals surface area contributed by atoms with E-state index in [1.165, 1.54) is 41.3 Å². The predicted molar refractivity (Wildman–Crippen MR) is 167 cm³/mol. The lowest BCUT2D eigenvalue weighted by atomic mass is 10.0. The largest absolute Gasteiger partial charge is 0.478 e. The zero-order chi connectivity index (χ0) is 32.8. The zero-order valence-corrected chi connectivity index (χ0v) is 25.1. The zero-order valence-electron chi connectivity index (χ0n) is 24.4. The average Bonchev–Trinajstić information content (AvgIpc) is 3.56. The standard InChI is InChI=1S/C30H28ClN9O6/c1-38-11-12-39(26(41)16-38)22-4-2-3-18(13-22)14-24(27(42)33-21-8-5-19(6-9-21)30(45)46)35-29(44)28(43)34-23-15-20(31)7-10-25(23)40-17-32-36-37-40/h2-10,13,15,17,24H,11-12,14,16H2,1H3,(H,33,42)(H,34,43)(H,35,44)(H,45,46)/t24-/m0/s1. The summed E-state index contributed by atoms with van der Waals surface area (Å²) < 4.78 is 1.27. The summed E-state index contributed by atoms with van der Waals surface area (Å²) in [6, 6.07) is 15.7. The van der Waals surface area contributed by atoms with Crippen LogP contribution in [0.3, 0.4) is 0 Å². The molecule has 1 aromatic heterocycles. The number of anilines is 3. The van der Waals surface area contributed by atoms with Gasteiger partial charge in [-0.2, -0.15) is 4.68 Å². The van der Waals surface area contributed by atoms with Crippen molar-refractivity contribution in [1.82, 2.24) is 30.4 Å². The summed E-state index contributed by atoms with van der Waals surface area (Å²) in [6.45, 7) is 1.44. The van der Waals surface area contributed by atoms with Crippen LogP contribution in [0.5, 0.6) is 0 Å². The number of nitrogens with zero attached hydrogens (tertiary/aromatic N) is 6. The molecule has 1 atom stereocenters. The highest BCUT2D eigenvalue weighted by atomic mass is 35.5. The van der Waals surface area contributed by atoms with Gasteiger partial charge in [-0.1, -0.05) is 23.7 Å². The van der Waals surface area contributed by atoms with Gasteiger partial charge < -0.3 is 26.0 Å². The van der Waals surface area contributed by atoms with E-state index in [0.717, 1.165) is 0 Å². The second-order valence-corrected chi connectivity index (χ2v) is 10.9. The second-order valence-electron chi connectivity index (χ2n) is 10.4. The van der Waals surface area contributed by atoms with Gasteiger partial charge in [0.2, 0.25) is 11.8 Å². The molecule has 1 aliphatic rings. The fraction of sp³-hybridized carbons (Fsp3) is 0.200. The van der Waals surface area contributed by atoms with Crippen molar-refractivity contribution < 1.29 is 29.1 Å². The Kier molecular flexibility index (Phi) is 9.64. The fourth-order valence-electron chi connectivity index (χ4n) is 4.77. The molecule has 0 aliphatic carbocycles. The number of tetrazole rings is 1. The molecule has 4 N–H and O–H groups in total. The Balaban J connectivity index is 1.36. The number of likely N-dealkylation sites (N-methyl/N-ethyl adjacent to an activating group) is 1. The Labute approximate surface area is 267 Å². The number of carbonyl (C=O) groups excluding carboxylic acids is 4. The second kappa shape index (κ2) is 14.0. The van der Waals surface area contributed by atoms with Crippen molar-refractivity contribution in [3.63, 3.8) is 0 Å². The maximum Gasteiger partial charge on any atom is 0.335 e. The van der Waals surface area contributed by atoms with Crippen LogP contribution in [0.2, 0.25) is 5.02 Å². The molecule has 4 amide bonds. The number of carbonyl (C=O) groups is 5. The molecular formula is C30H28ClN9O6. The maximum atomic E-state index is 13.5. The summed E-state index contributed by atoms with van der Waals surface area (Å²) in [7, 11) is 1.86. The van der Waals surface area contributed by atoms with Crippen molar-refractivity contribution in [3.8, 4) is 5.69 Å². The van der Waals surface area contributed by atoms with Gasteiger partial charge in [0, 0.05) is 35.9 Å². The molecule has 4 aromatic rings. The third kappa shape index (κ3) is 7.69. The first kappa shape index (κ1) is 31.7. The first-order valence-corrected chi connectivity index (χ1v) is 14.3. The van der Waals surface area contributed by atoms with E-state index in [0.29, 0.717) is 30.0 Å². The van der Waals surface area contributed by atoms with Crippen molar-refractivity contribution in [2.24, 2.45) is 0 Å². The number of benzene rings is 3. The van der Waals surface area contributed by atoms with Crippen LogP contribution in [0.1, 0.15) is 15.9 Å². The van der Waals surface area contributed by atoms with Crippen molar-refractivity contribution in [1.29, 1.82) is 0 Å². The molecule has 3 aromatic carbocycles. The van der Waals surface area contributed by atoms with Gasteiger partial charge in [0.15, 0.2) is 0 Å². The first-order valence-electron chi connectivity index (χ1n) is 13.9. The van der Waals surface area contributed by atoms with Crippen LogP contribution in [0, 0.1) is 0 Å². The lowest BCUT2D eigenvalue weighted by Crippen LogP contribution is -2.49. The van der Waals surface area contributed by atoms with Gasteiger partial charge in [-0.3, -0.25) is 24.1 Å². The molecule has 16 heteroatoms. The molecule has 0 radical (unpaired) electrons. The van der Waals surface area contributed by atoms with Gasteiger partial charge in [0.05, 0.1) is 23.5 Å². The molecule has 236 valence electrons. The number of aromatic carboxylic acids is 1. The van der Waals surface area contributed by atoms with Crippen LogP contribution < -0.4 is 20.9 Å². The highest BCUT2D eigenvalue weighted by Gasteiger charge is 2.27. The first-order chi connectivity index (χ1) is 22.1. The summed E-state index contributed by atoms with van der Waals surface area (Å²) in [5.41, 5.74) is 2.03. The van der Waals surface area contributed by atoms with E-state index < -0.39 is 29.7 Å². The van der Waals surface area contributed by atoms with E-state index in [1.54, 1.807) is 41.3 Å². The van der Waals surface area contributed by atoms with E-state index in [4.69, 9.17) is 11.6 Å². The van der Waals surface area contributed by atoms with E-state index in [2.05, 4.69) is 31.5 Å². The monoisotopic (exact) mass is 645 g/mol. The van der Waals surface area contributed by atoms with Crippen LogP contribution in [0.4, 0.5) is 17.1 Å². The quantitative estimate of drug-likeness (QED) is 0.194. The number of hydrogen-bond acceptors (Lipinski definition) is 9. The number of rotatable bonds is 9. The maximum absolute atomic E-state index is 13.5. The Morgan fingerprint density at radius 1 is 0.978 bits per heavy atom. The van der Waals surface area contributed by atoms with Crippen molar-refractivity contribution >= 4 is 58.3 Å². The summed E-state index contributed by atoms with van der Waals surface area (Å²) >= 11 is 6.12. The summed E-state index contributed by atoms with van der Waals surface area (Å²) in [4.78, 5) is 67.2. The minimum Gasteiger partial charge on any atom is -0.478 e. The number of aromatic nitrogens is 4. The summed E-state index contributed by atoms with van der Waals surface area (Å²) in [5, 5.41) is 28.0. The number of carboxylic acids is 1. The number of amides is 4. The molecule has 0 bridgehead atoms. The van der Waals surface area contributed by atoms with E-state index in [1.807, 2.05) is 11.9 Å². The number of nitrogens with one attached hydrogen (secondary N) is 3. The minimum absolute atomic E-state index is 0.0249. The number of carboxylic acid groups (broad SMARTS) is 1. The molecule has 46 heavy (non-hydrogen) atoms. The molecule has 1 aliphatic heterocycles. The molecule has 5 rings (SSSR count). The van der Waals surface area contributed by atoms with Crippen molar-refractivity contribution in [2.45, 2.75) is 12.5 Å². The third-order valence-electron chi connectivity index (χ3n) is 7.10. The van der Waals surface area contributed by atoms with Gasteiger partial charge in [-0.25, -0.2) is 4.79 Å². The number of halogens is 1. The van der Waals surface area contributed by atoms with Gasteiger partial charge in [0.25, 0.3) is 0 Å². The molecule has 15 nitrogen and oxygen atoms in total. The van der Waals surface area contributed by atoms with E-state index in [-0.39, 0.29) is 40.8 Å². The van der Waals surface area contributed by atoms with Crippen LogP contribution >= 0.6 is 11.6 Å². The molecule has 0 unspecified atom stereocenters. The highest BCUT2D eigenvalue weighted by Crippen LogP contribution is 2.24. The van der Waals surface area contributed by atoms with E-state index >= 15 is 0 Å². The van der Waals surface area contributed by atoms with Crippen molar-refractivity contribution in [3.05, 3.63) is 89.2 Å². The molecule has 1 fully saturated rings. The smallest absolute Gasteiger partial charge is 0.335 e. The molecular weight excluding hydrogens is 618 g/mol. The van der Waals surface area contributed by atoms with Crippen LogP contribution in [0.25, 0.3) is 5.69 Å². The molecule has 0 spiro atoms. The molecule has 0 saturated carbocycles. The van der Waals surface area contributed by atoms with Crippen LogP contribution in [0.15, 0.2) is 73.1 Å². The molecule has 1 saturated heterocycles. The minimum atomic E-state index is -1.26. The number of hydrogen-bond donors (Lipinski definition) is 4. The Morgan fingerprint density at radius 2 is 1.76 bits per heavy atom. The van der Waals surface area contributed by atoms with Gasteiger partial charge in [-0.05, 0) is 77.6 Å². The van der Waals surface area contributed by atoms with Gasteiger partial charge in [0.1, 0.15) is 12.4 Å². The third-order valence-corrected chi connectivity index (χ3v) is 7.34. The van der Waals surface area contributed by atoms with E-state index in [9.17, 15) is 29.1 Å². The lowest BCUT2D eigenvalue weighted by molar-refractivity contribution is -0.137. The average molecular weight is 646 g/mol. The lowest BCUT2D eigenvalue weighted by Gasteiger charge is -2.32. The fourth-order valence-corrected chi connectivity index (χ4v) is 4.94. The Morgan fingerprint density at radius 3 is 2.46 bits per heavy atom. The summed E-state index contributed by atoms with van der Waals surface area (Å²) in [6.07, 6.45) is 1.26. The van der Waals surface area contributed by atoms with Crippen LogP contribution in [-0.4, -0.2) is 92.5 Å². The van der Waals surface area contributed by atoms with Crippen LogP contribution in [-0.2, 0) is 25.6 Å². The normalized spacial score (nSPS) is 14.0. The number of piperazine rings is 1. The summed E-state index contributed by atoms with van der Waals surface area (Å²) in [5.74, 6) is -4.07. The predicted octanol–water partition coefficient (Wildman–Crippen LogP) is 1.60. The van der Waals surface area contributed by atoms with Gasteiger partial charge >= 0.3 is 17.8 Å². The Bertz CT molecular complexity index is 1780. The topological polar surface area (TPSA) is 192 Å².